The lowest BCUT2D eigenvalue weighted by atomic mass is 9.91. The van der Waals surface area contributed by atoms with Crippen molar-refractivity contribution in [3.05, 3.63) is 22.4 Å². The fraction of sp³-hybridized carbons (Fsp3) is 0.583. The zero-order chi connectivity index (χ0) is 12.4. The molecule has 1 unspecified atom stereocenters. The first-order valence-electron chi connectivity index (χ1n) is 5.96. The van der Waals surface area contributed by atoms with Crippen LogP contribution in [0.1, 0.15) is 30.3 Å². The van der Waals surface area contributed by atoms with E-state index in [4.69, 9.17) is 5.73 Å². The first-order chi connectivity index (χ1) is 8.08. The molecule has 3 N–H and O–H groups in total. The summed E-state index contributed by atoms with van der Waals surface area (Å²) in [6, 6.07) is 2.05. The number of H-pyrrole nitrogens is 1. The summed E-state index contributed by atoms with van der Waals surface area (Å²) in [6.45, 7) is 3.66. The smallest absolute Gasteiger partial charge is 0.270 e. The summed E-state index contributed by atoms with van der Waals surface area (Å²) < 4.78 is 0.909. The summed E-state index contributed by atoms with van der Waals surface area (Å²) >= 11 is 3.33. The maximum absolute atomic E-state index is 12.1. The summed E-state index contributed by atoms with van der Waals surface area (Å²) in [6.07, 6.45) is 3.79. The molecule has 0 aliphatic carbocycles. The van der Waals surface area contributed by atoms with E-state index in [9.17, 15) is 4.79 Å². The Kier molecular flexibility index (Phi) is 3.89. The number of aromatic nitrogens is 1. The van der Waals surface area contributed by atoms with E-state index in [1.165, 1.54) is 0 Å². The second kappa shape index (κ2) is 5.23. The number of piperidine rings is 1. The van der Waals surface area contributed by atoms with Crippen LogP contribution in [0, 0.1) is 5.92 Å². The first-order valence-corrected chi connectivity index (χ1v) is 6.76. The van der Waals surface area contributed by atoms with Crippen molar-refractivity contribution in [2.24, 2.45) is 11.7 Å². The molecule has 1 saturated heterocycles. The van der Waals surface area contributed by atoms with E-state index in [1.807, 2.05) is 17.9 Å². The van der Waals surface area contributed by atoms with Gasteiger partial charge in [0.2, 0.25) is 0 Å². The summed E-state index contributed by atoms with van der Waals surface area (Å²) in [5, 5.41) is 0. The van der Waals surface area contributed by atoms with Gasteiger partial charge in [-0.15, -0.1) is 0 Å². The Labute approximate surface area is 110 Å². The van der Waals surface area contributed by atoms with Crippen LogP contribution < -0.4 is 5.73 Å². The number of nitrogens with one attached hydrogen (secondary N) is 1. The monoisotopic (exact) mass is 299 g/mol. The standard InChI is InChI=1S/C12H18BrN3O/c1-8(14)9-2-4-16(5-3-9)12(17)11-6-10(13)7-15-11/h6-9,15H,2-5,14H2,1H3. The Morgan fingerprint density at radius 2 is 2.24 bits per heavy atom. The maximum atomic E-state index is 12.1. The van der Waals surface area contributed by atoms with E-state index >= 15 is 0 Å². The van der Waals surface area contributed by atoms with Crippen molar-refractivity contribution in [2.75, 3.05) is 13.1 Å². The van der Waals surface area contributed by atoms with Gasteiger partial charge in [0.25, 0.3) is 5.91 Å². The van der Waals surface area contributed by atoms with Crippen LogP contribution in [-0.4, -0.2) is 34.9 Å². The highest BCUT2D eigenvalue weighted by molar-refractivity contribution is 9.10. The lowest BCUT2D eigenvalue weighted by Gasteiger charge is -2.33. The predicted octanol–water partition coefficient (Wildman–Crippen LogP) is 1.98. The van der Waals surface area contributed by atoms with E-state index in [0.717, 1.165) is 30.4 Å². The fourth-order valence-electron chi connectivity index (χ4n) is 2.29. The van der Waals surface area contributed by atoms with E-state index in [-0.39, 0.29) is 11.9 Å². The van der Waals surface area contributed by atoms with Crippen molar-refractivity contribution in [1.29, 1.82) is 0 Å². The number of amides is 1. The summed E-state index contributed by atoms with van der Waals surface area (Å²) in [5.74, 6) is 0.633. The molecule has 0 saturated carbocycles. The van der Waals surface area contributed by atoms with E-state index in [0.29, 0.717) is 11.6 Å². The van der Waals surface area contributed by atoms with Crippen LogP contribution in [0.25, 0.3) is 0 Å². The van der Waals surface area contributed by atoms with Crippen LogP contribution in [0.15, 0.2) is 16.7 Å². The van der Waals surface area contributed by atoms with Gasteiger partial charge < -0.3 is 15.6 Å². The summed E-state index contributed by atoms with van der Waals surface area (Å²) in [5.41, 5.74) is 6.54. The minimum Gasteiger partial charge on any atom is -0.356 e. The molecule has 94 valence electrons. The molecule has 2 heterocycles. The summed E-state index contributed by atoms with van der Waals surface area (Å²) in [4.78, 5) is 17.0. The molecular formula is C12H18BrN3O. The number of halogens is 1. The molecule has 17 heavy (non-hydrogen) atoms. The number of hydrogen-bond donors (Lipinski definition) is 2. The molecule has 1 aliphatic heterocycles. The highest BCUT2D eigenvalue weighted by Gasteiger charge is 2.25. The second-order valence-electron chi connectivity index (χ2n) is 4.72. The molecule has 0 spiro atoms. The summed E-state index contributed by atoms with van der Waals surface area (Å²) in [7, 11) is 0. The number of carbonyl (C=O) groups excluding carboxylic acids is 1. The average molecular weight is 300 g/mol. The van der Waals surface area contributed by atoms with Crippen molar-refractivity contribution >= 4 is 21.8 Å². The van der Waals surface area contributed by atoms with Crippen LogP contribution >= 0.6 is 15.9 Å². The predicted molar refractivity (Wildman–Crippen MR) is 70.8 cm³/mol. The molecule has 0 aromatic carbocycles. The number of carbonyl (C=O) groups is 1. The Bertz CT molecular complexity index is 394. The third-order valence-electron chi connectivity index (χ3n) is 3.45. The number of likely N-dealkylation sites (tertiary alicyclic amines) is 1. The van der Waals surface area contributed by atoms with Crippen molar-refractivity contribution in [3.63, 3.8) is 0 Å². The van der Waals surface area contributed by atoms with Gasteiger partial charge in [-0.3, -0.25) is 4.79 Å². The van der Waals surface area contributed by atoms with Crippen LogP contribution in [0.2, 0.25) is 0 Å². The Morgan fingerprint density at radius 1 is 1.59 bits per heavy atom. The van der Waals surface area contributed by atoms with Crippen LogP contribution in [0.5, 0.6) is 0 Å². The molecule has 1 aromatic heterocycles. The number of hydrogen-bond acceptors (Lipinski definition) is 2. The normalized spacial score (nSPS) is 19.4. The van der Waals surface area contributed by atoms with Gasteiger partial charge >= 0.3 is 0 Å². The Balaban J connectivity index is 1.95. The highest BCUT2D eigenvalue weighted by atomic mass is 79.9. The third-order valence-corrected chi connectivity index (χ3v) is 3.91. The van der Waals surface area contributed by atoms with Gasteiger partial charge in [-0.25, -0.2) is 0 Å². The van der Waals surface area contributed by atoms with Gasteiger partial charge in [-0.1, -0.05) is 0 Å². The molecule has 0 bridgehead atoms. The Morgan fingerprint density at radius 3 is 2.71 bits per heavy atom. The Hall–Kier alpha value is -0.810. The van der Waals surface area contributed by atoms with E-state index < -0.39 is 0 Å². The second-order valence-corrected chi connectivity index (χ2v) is 5.64. The lowest BCUT2D eigenvalue weighted by molar-refractivity contribution is 0.0676. The van der Waals surface area contributed by atoms with Crippen LogP contribution in [-0.2, 0) is 0 Å². The van der Waals surface area contributed by atoms with Gasteiger partial charge in [0.1, 0.15) is 5.69 Å². The number of aromatic amines is 1. The largest absolute Gasteiger partial charge is 0.356 e. The number of nitrogens with zero attached hydrogens (tertiary/aromatic N) is 1. The van der Waals surface area contributed by atoms with Crippen molar-refractivity contribution in [1.82, 2.24) is 9.88 Å². The molecular weight excluding hydrogens is 282 g/mol. The molecule has 0 radical (unpaired) electrons. The van der Waals surface area contributed by atoms with Crippen molar-refractivity contribution < 1.29 is 4.79 Å². The van der Waals surface area contributed by atoms with Crippen molar-refractivity contribution in [3.8, 4) is 0 Å². The molecule has 1 aromatic rings. The molecule has 5 heteroatoms. The molecule has 1 atom stereocenters. The molecule has 4 nitrogen and oxygen atoms in total. The minimum atomic E-state index is 0.0822. The van der Waals surface area contributed by atoms with E-state index in [2.05, 4.69) is 20.9 Å². The van der Waals surface area contributed by atoms with Gasteiger partial charge in [0.15, 0.2) is 0 Å². The highest BCUT2D eigenvalue weighted by Crippen LogP contribution is 2.21. The third kappa shape index (κ3) is 2.90. The topological polar surface area (TPSA) is 62.1 Å². The first kappa shape index (κ1) is 12.6. The lowest BCUT2D eigenvalue weighted by Crippen LogP contribution is -2.42. The zero-order valence-electron chi connectivity index (χ0n) is 9.95. The average Bonchev–Trinajstić information content (AvgIpc) is 2.75. The van der Waals surface area contributed by atoms with Gasteiger partial charge in [-0.2, -0.15) is 0 Å². The van der Waals surface area contributed by atoms with E-state index in [1.54, 1.807) is 6.20 Å². The molecule has 2 rings (SSSR count). The van der Waals surface area contributed by atoms with Gasteiger partial charge in [-0.05, 0) is 47.7 Å². The maximum Gasteiger partial charge on any atom is 0.270 e. The minimum absolute atomic E-state index is 0.0822. The van der Waals surface area contributed by atoms with Crippen LogP contribution in [0.3, 0.4) is 0 Å². The van der Waals surface area contributed by atoms with Crippen molar-refractivity contribution in [2.45, 2.75) is 25.8 Å². The van der Waals surface area contributed by atoms with Gasteiger partial charge in [0.05, 0.1) is 0 Å². The number of rotatable bonds is 2. The fourth-order valence-corrected chi connectivity index (χ4v) is 2.63. The zero-order valence-corrected chi connectivity index (χ0v) is 11.5. The van der Waals surface area contributed by atoms with Crippen LogP contribution in [0.4, 0.5) is 0 Å². The van der Waals surface area contributed by atoms with Gasteiger partial charge in [0, 0.05) is 29.8 Å². The molecule has 1 amide bonds. The molecule has 1 fully saturated rings. The quantitative estimate of drug-likeness (QED) is 0.877. The number of nitrogens with two attached hydrogens (primary N) is 1. The molecule has 1 aliphatic rings. The SMILES string of the molecule is CC(N)C1CCN(C(=O)c2cc(Br)c[nH]2)CC1.